The SMILES string of the molecule is CC1(C)c2ccccc2-c2cc3c(cc21)Oc1ccc(-c2nc(-c4ccccc4)nc(-c4ccc(-n5c6ccccc6c6ccccc65)cc4)n2)cc1O3. The summed E-state index contributed by atoms with van der Waals surface area (Å²) in [5.74, 6) is 4.40. The van der Waals surface area contributed by atoms with E-state index in [2.05, 4.69) is 128 Å². The molecule has 0 amide bonds. The van der Waals surface area contributed by atoms with Crippen LogP contribution in [-0.2, 0) is 5.41 Å². The molecule has 256 valence electrons. The van der Waals surface area contributed by atoms with Crippen LogP contribution in [0.3, 0.4) is 0 Å². The number of benzene rings is 7. The van der Waals surface area contributed by atoms with E-state index in [1.54, 1.807) is 0 Å². The van der Waals surface area contributed by atoms with E-state index in [0.29, 0.717) is 40.5 Å². The molecule has 6 heteroatoms. The number of fused-ring (bicyclic) bond motifs is 8. The van der Waals surface area contributed by atoms with Crippen LogP contribution in [0.4, 0.5) is 0 Å². The van der Waals surface area contributed by atoms with Gasteiger partial charge in [0.25, 0.3) is 0 Å². The van der Waals surface area contributed by atoms with Crippen molar-refractivity contribution in [1.29, 1.82) is 0 Å². The molecule has 3 heterocycles. The Kier molecular flexibility index (Phi) is 6.49. The summed E-state index contributed by atoms with van der Waals surface area (Å²) in [5, 5.41) is 2.46. The van der Waals surface area contributed by atoms with Gasteiger partial charge >= 0.3 is 0 Å². The standard InChI is InChI=1S/C48H32N4O2/c1-48(2)37-17-9-6-14-33(37)36-27-43-44(28-38(36)48)53-41-25-22-31(26-42(41)54-43)47-50-45(29-12-4-3-5-13-29)49-46(51-47)30-20-23-32(24-21-30)52-39-18-10-7-15-34(39)35-16-8-11-19-40(35)52/h3-28H,1-2H3. The highest BCUT2D eigenvalue weighted by Crippen LogP contribution is 2.55. The van der Waals surface area contributed by atoms with Crippen molar-refractivity contribution in [3.05, 3.63) is 169 Å². The highest BCUT2D eigenvalue weighted by atomic mass is 16.6. The maximum atomic E-state index is 6.59. The van der Waals surface area contributed by atoms with Gasteiger partial charge in [0.05, 0.1) is 11.0 Å². The van der Waals surface area contributed by atoms with Crippen LogP contribution in [-0.4, -0.2) is 19.5 Å². The third-order valence-electron chi connectivity index (χ3n) is 10.9. The molecule has 6 nitrogen and oxygen atoms in total. The van der Waals surface area contributed by atoms with Crippen LogP contribution < -0.4 is 9.47 Å². The van der Waals surface area contributed by atoms with Crippen LogP contribution in [0, 0.1) is 0 Å². The lowest BCUT2D eigenvalue weighted by Crippen LogP contribution is -2.15. The monoisotopic (exact) mass is 696 g/mol. The van der Waals surface area contributed by atoms with Crippen molar-refractivity contribution in [2.75, 3.05) is 0 Å². The first-order chi connectivity index (χ1) is 26.5. The van der Waals surface area contributed by atoms with Gasteiger partial charge in [-0.1, -0.05) is 105 Å². The third kappa shape index (κ3) is 4.63. The molecule has 0 saturated carbocycles. The molecule has 0 atom stereocenters. The van der Waals surface area contributed by atoms with Crippen LogP contribution in [0.5, 0.6) is 23.0 Å². The molecule has 9 aromatic rings. The van der Waals surface area contributed by atoms with Gasteiger partial charge in [0.1, 0.15) is 0 Å². The Morgan fingerprint density at radius 2 is 0.963 bits per heavy atom. The van der Waals surface area contributed by atoms with E-state index in [-0.39, 0.29) is 5.41 Å². The second-order valence-electron chi connectivity index (χ2n) is 14.5. The fraction of sp³-hybridized carbons (Fsp3) is 0.0625. The normalized spacial score (nSPS) is 13.4. The Hall–Kier alpha value is -7.05. The number of para-hydroxylation sites is 2. The predicted octanol–water partition coefficient (Wildman–Crippen LogP) is 12.2. The molecule has 1 aliphatic heterocycles. The van der Waals surface area contributed by atoms with Gasteiger partial charge < -0.3 is 14.0 Å². The lowest BCUT2D eigenvalue weighted by Gasteiger charge is -2.25. The molecule has 0 bridgehead atoms. The van der Waals surface area contributed by atoms with E-state index in [1.165, 1.54) is 44.1 Å². The molecule has 0 radical (unpaired) electrons. The van der Waals surface area contributed by atoms with Gasteiger partial charge in [0, 0.05) is 38.6 Å². The van der Waals surface area contributed by atoms with Gasteiger partial charge in [-0.05, 0) is 89.0 Å². The molecule has 0 unspecified atom stereocenters. The van der Waals surface area contributed by atoms with Gasteiger partial charge in [-0.2, -0.15) is 0 Å². The van der Waals surface area contributed by atoms with Crippen LogP contribution in [0.1, 0.15) is 25.0 Å². The van der Waals surface area contributed by atoms with Crippen LogP contribution in [0.25, 0.3) is 72.8 Å². The average Bonchev–Trinajstić information content (AvgIpc) is 3.67. The Balaban J connectivity index is 0.985. The number of rotatable bonds is 4. The minimum absolute atomic E-state index is 0.132. The van der Waals surface area contributed by atoms with Crippen molar-refractivity contribution >= 4 is 21.8 Å². The smallest absolute Gasteiger partial charge is 0.170 e. The van der Waals surface area contributed by atoms with E-state index in [1.807, 2.05) is 48.5 Å². The number of nitrogens with zero attached hydrogens (tertiary/aromatic N) is 4. The highest BCUT2D eigenvalue weighted by Gasteiger charge is 2.37. The molecular weight excluding hydrogens is 665 g/mol. The maximum absolute atomic E-state index is 6.59. The molecule has 0 saturated heterocycles. The summed E-state index contributed by atoms with van der Waals surface area (Å²) in [4.78, 5) is 15.0. The van der Waals surface area contributed by atoms with Crippen molar-refractivity contribution in [2.45, 2.75) is 19.3 Å². The Bertz CT molecular complexity index is 2910. The summed E-state index contributed by atoms with van der Waals surface area (Å²) in [5.41, 5.74) is 10.8. The summed E-state index contributed by atoms with van der Waals surface area (Å²) in [6.45, 7) is 4.53. The number of ether oxygens (including phenoxy) is 2. The van der Waals surface area contributed by atoms with Gasteiger partial charge in [-0.3, -0.25) is 0 Å². The molecule has 2 aliphatic rings. The first kappa shape index (κ1) is 30.6. The number of hydrogen-bond donors (Lipinski definition) is 0. The zero-order valence-electron chi connectivity index (χ0n) is 29.6. The highest BCUT2D eigenvalue weighted by molar-refractivity contribution is 6.09. The summed E-state index contributed by atoms with van der Waals surface area (Å²) in [6, 6.07) is 54.3. The van der Waals surface area contributed by atoms with Gasteiger partial charge in [0.2, 0.25) is 0 Å². The summed E-state index contributed by atoms with van der Waals surface area (Å²) >= 11 is 0. The molecule has 1 aliphatic carbocycles. The lowest BCUT2D eigenvalue weighted by atomic mass is 9.82. The summed E-state index contributed by atoms with van der Waals surface area (Å²) in [6.07, 6.45) is 0. The van der Waals surface area contributed by atoms with Crippen molar-refractivity contribution in [3.8, 4) is 74.0 Å². The second-order valence-corrected chi connectivity index (χ2v) is 14.5. The Morgan fingerprint density at radius 1 is 0.426 bits per heavy atom. The van der Waals surface area contributed by atoms with Crippen molar-refractivity contribution in [3.63, 3.8) is 0 Å². The second kappa shape index (κ2) is 11.5. The first-order valence-corrected chi connectivity index (χ1v) is 18.2. The zero-order valence-corrected chi connectivity index (χ0v) is 29.6. The zero-order chi connectivity index (χ0) is 36.0. The van der Waals surface area contributed by atoms with Gasteiger partial charge in [0.15, 0.2) is 40.5 Å². The largest absolute Gasteiger partial charge is 0.450 e. The van der Waals surface area contributed by atoms with Crippen LogP contribution in [0.15, 0.2) is 158 Å². The minimum Gasteiger partial charge on any atom is -0.450 e. The Morgan fingerprint density at radius 3 is 1.69 bits per heavy atom. The molecule has 54 heavy (non-hydrogen) atoms. The van der Waals surface area contributed by atoms with Crippen molar-refractivity contribution < 1.29 is 9.47 Å². The van der Waals surface area contributed by atoms with Crippen LogP contribution in [0.2, 0.25) is 0 Å². The van der Waals surface area contributed by atoms with E-state index in [0.717, 1.165) is 22.4 Å². The average molecular weight is 697 g/mol. The third-order valence-corrected chi connectivity index (χ3v) is 10.9. The summed E-state index contributed by atoms with van der Waals surface area (Å²) in [7, 11) is 0. The van der Waals surface area contributed by atoms with E-state index >= 15 is 0 Å². The minimum atomic E-state index is -0.132. The predicted molar refractivity (Wildman–Crippen MR) is 215 cm³/mol. The maximum Gasteiger partial charge on any atom is 0.170 e. The number of aromatic nitrogens is 4. The lowest BCUT2D eigenvalue weighted by molar-refractivity contribution is 0.359. The van der Waals surface area contributed by atoms with Crippen LogP contribution >= 0.6 is 0 Å². The topological polar surface area (TPSA) is 62.1 Å². The first-order valence-electron chi connectivity index (χ1n) is 18.2. The van der Waals surface area contributed by atoms with Crippen molar-refractivity contribution in [1.82, 2.24) is 19.5 Å². The molecule has 7 aromatic carbocycles. The molecule has 0 spiro atoms. The fourth-order valence-corrected chi connectivity index (χ4v) is 8.23. The molecule has 11 rings (SSSR count). The van der Waals surface area contributed by atoms with E-state index in [9.17, 15) is 0 Å². The van der Waals surface area contributed by atoms with Gasteiger partial charge in [-0.15, -0.1) is 0 Å². The molecule has 0 N–H and O–H groups in total. The van der Waals surface area contributed by atoms with Gasteiger partial charge in [-0.25, -0.2) is 15.0 Å². The van der Waals surface area contributed by atoms with Crippen molar-refractivity contribution in [2.24, 2.45) is 0 Å². The molecular formula is C48H32N4O2. The van der Waals surface area contributed by atoms with E-state index < -0.39 is 0 Å². The molecule has 2 aromatic heterocycles. The quantitative estimate of drug-likeness (QED) is 0.183. The molecule has 0 fully saturated rings. The fourth-order valence-electron chi connectivity index (χ4n) is 8.23. The summed E-state index contributed by atoms with van der Waals surface area (Å²) < 4.78 is 15.4. The van der Waals surface area contributed by atoms with E-state index in [4.69, 9.17) is 24.4 Å². The number of hydrogen-bond acceptors (Lipinski definition) is 5. The Labute approximate surface area is 312 Å².